The van der Waals surface area contributed by atoms with Gasteiger partial charge in [0.25, 0.3) is 5.91 Å². The van der Waals surface area contributed by atoms with Crippen molar-refractivity contribution in [1.82, 2.24) is 5.43 Å². The van der Waals surface area contributed by atoms with Crippen molar-refractivity contribution in [2.24, 2.45) is 0 Å². The number of hydrogen-bond acceptors (Lipinski definition) is 2. The van der Waals surface area contributed by atoms with E-state index in [9.17, 15) is 4.79 Å². The van der Waals surface area contributed by atoms with E-state index in [-0.39, 0.29) is 5.91 Å². The van der Waals surface area contributed by atoms with Gasteiger partial charge in [0.15, 0.2) is 0 Å². The highest BCUT2D eigenvalue weighted by Gasteiger charge is 2.02. The fraction of sp³-hybridized carbons (Fsp3) is 0. The number of hydrazine groups is 1. The molecule has 0 aliphatic carbocycles. The number of anilines is 1. The zero-order chi connectivity index (χ0) is 16.1. The lowest BCUT2D eigenvalue weighted by Crippen LogP contribution is -2.27. The number of rotatable bonds is 4. The van der Waals surface area contributed by atoms with Crippen molar-refractivity contribution in [2.45, 2.75) is 0 Å². The topological polar surface area (TPSA) is 41.1 Å². The predicted octanol–water partition coefficient (Wildman–Crippen LogP) is 5.46. The molecule has 2 rings (SSSR count). The SMILES string of the molecule is O=C(/C=C/c1ccc(Cl)cc1Cl)NNc1ccc(Cl)cc1Cl. The zero-order valence-electron chi connectivity index (χ0n) is 11.0. The first-order valence-electron chi connectivity index (χ1n) is 6.10. The standard InChI is InChI=1S/C15H10Cl4N2O/c16-10-3-1-9(12(18)7-10)2-6-15(22)21-20-14-5-4-11(17)8-13(14)19/h1-8,20H,(H,21,22)/b6-2+. The van der Waals surface area contributed by atoms with Crippen LogP contribution in [0.4, 0.5) is 5.69 Å². The average Bonchev–Trinajstić information content (AvgIpc) is 2.45. The van der Waals surface area contributed by atoms with Crippen molar-refractivity contribution in [2.75, 3.05) is 5.43 Å². The van der Waals surface area contributed by atoms with Gasteiger partial charge in [-0.3, -0.25) is 15.6 Å². The van der Waals surface area contributed by atoms with Gasteiger partial charge >= 0.3 is 0 Å². The monoisotopic (exact) mass is 374 g/mol. The number of benzene rings is 2. The molecule has 0 unspecified atom stereocenters. The Bertz CT molecular complexity index is 731. The molecule has 2 N–H and O–H groups in total. The third-order valence-corrected chi connectivity index (χ3v) is 3.74. The minimum atomic E-state index is -0.364. The Morgan fingerprint density at radius 1 is 0.909 bits per heavy atom. The van der Waals surface area contributed by atoms with E-state index in [2.05, 4.69) is 10.9 Å². The first-order chi connectivity index (χ1) is 10.5. The summed E-state index contributed by atoms with van der Waals surface area (Å²) in [5.41, 5.74) is 6.42. The molecule has 0 spiro atoms. The lowest BCUT2D eigenvalue weighted by molar-refractivity contribution is -0.115. The van der Waals surface area contributed by atoms with Gasteiger partial charge in [0.05, 0.1) is 10.7 Å². The predicted molar refractivity (Wildman–Crippen MR) is 93.7 cm³/mol. The molecule has 0 atom stereocenters. The van der Waals surface area contributed by atoms with Gasteiger partial charge in [-0.2, -0.15) is 0 Å². The maximum absolute atomic E-state index is 11.7. The number of nitrogens with one attached hydrogen (secondary N) is 2. The minimum absolute atomic E-state index is 0.364. The summed E-state index contributed by atoms with van der Waals surface area (Å²) in [4.78, 5) is 11.7. The van der Waals surface area contributed by atoms with E-state index in [0.717, 1.165) is 0 Å². The van der Waals surface area contributed by atoms with Crippen LogP contribution < -0.4 is 10.9 Å². The molecule has 7 heteroatoms. The van der Waals surface area contributed by atoms with E-state index in [1.165, 1.54) is 6.08 Å². The molecule has 0 radical (unpaired) electrons. The normalized spacial score (nSPS) is 10.7. The molecule has 0 aromatic heterocycles. The lowest BCUT2D eigenvalue weighted by atomic mass is 10.2. The summed E-state index contributed by atoms with van der Waals surface area (Å²) >= 11 is 23.6. The minimum Gasteiger partial charge on any atom is -0.297 e. The van der Waals surface area contributed by atoms with Crippen molar-refractivity contribution in [3.8, 4) is 0 Å². The van der Waals surface area contributed by atoms with Crippen molar-refractivity contribution in [1.29, 1.82) is 0 Å². The van der Waals surface area contributed by atoms with E-state index in [1.807, 2.05) is 0 Å². The van der Waals surface area contributed by atoms with Gasteiger partial charge in [-0.1, -0.05) is 52.5 Å². The molecule has 0 heterocycles. The van der Waals surface area contributed by atoms with Crippen molar-refractivity contribution in [3.63, 3.8) is 0 Å². The second-order valence-electron chi connectivity index (χ2n) is 4.24. The quantitative estimate of drug-likeness (QED) is 0.550. The Morgan fingerprint density at radius 3 is 2.18 bits per heavy atom. The number of carbonyl (C=O) groups is 1. The Labute approximate surface area is 147 Å². The van der Waals surface area contributed by atoms with Crippen molar-refractivity contribution in [3.05, 3.63) is 68.1 Å². The second-order valence-corrected chi connectivity index (χ2v) is 5.92. The molecule has 1 amide bonds. The molecular formula is C15H10Cl4N2O. The van der Waals surface area contributed by atoms with Gasteiger partial charge in [0.2, 0.25) is 0 Å². The molecule has 0 saturated carbocycles. The highest BCUT2D eigenvalue weighted by atomic mass is 35.5. The number of halogens is 4. The number of hydrogen-bond donors (Lipinski definition) is 2. The molecule has 0 fully saturated rings. The Hall–Kier alpha value is -1.39. The van der Waals surface area contributed by atoms with E-state index in [4.69, 9.17) is 46.4 Å². The molecular weight excluding hydrogens is 366 g/mol. The third-order valence-electron chi connectivity index (χ3n) is 2.63. The van der Waals surface area contributed by atoms with Crippen LogP contribution in [0.15, 0.2) is 42.5 Å². The van der Waals surface area contributed by atoms with Crippen LogP contribution in [0.3, 0.4) is 0 Å². The van der Waals surface area contributed by atoms with Crippen LogP contribution in [-0.4, -0.2) is 5.91 Å². The Kier molecular flexibility index (Phi) is 5.98. The van der Waals surface area contributed by atoms with E-state index >= 15 is 0 Å². The van der Waals surface area contributed by atoms with Crippen molar-refractivity contribution >= 4 is 64.1 Å². The molecule has 114 valence electrons. The van der Waals surface area contributed by atoms with Crippen LogP contribution >= 0.6 is 46.4 Å². The van der Waals surface area contributed by atoms with E-state index in [1.54, 1.807) is 42.5 Å². The molecule has 0 aliphatic heterocycles. The van der Waals surface area contributed by atoms with Gasteiger partial charge in [-0.15, -0.1) is 0 Å². The largest absolute Gasteiger partial charge is 0.297 e. The van der Waals surface area contributed by atoms with Gasteiger partial charge in [0.1, 0.15) is 0 Å². The van der Waals surface area contributed by atoms with Gasteiger partial charge in [0, 0.05) is 21.1 Å². The van der Waals surface area contributed by atoms with Gasteiger partial charge < -0.3 is 0 Å². The molecule has 0 bridgehead atoms. The summed E-state index contributed by atoms with van der Waals surface area (Å²) in [6.07, 6.45) is 2.92. The summed E-state index contributed by atoms with van der Waals surface area (Å²) in [6, 6.07) is 9.90. The summed E-state index contributed by atoms with van der Waals surface area (Å²) in [6.45, 7) is 0. The molecule has 22 heavy (non-hydrogen) atoms. The third kappa shape index (κ3) is 4.82. The highest BCUT2D eigenvalue weighted by molar-refractivity contribution is 6.36. The molecule has 2 aromatic carbocycles. The zero-order valence-corrected chi connectivity index (χ0v) is 14.1. The van der Waals surface area contributed by atoms with Crippen LogP contribution in [0.1, 0.15) is 5.56 Å². The van der Waals surface area contributed by atoms with Crippen LogP contribution in [0.5, 0.6) is 0 Å². The molecule has 0 saturated heterocycles. The fourth-order valence-electron chi connectivity index (χ4n) is 1.56. The molecule has 3 nitrogen and oxygen atoms in total. The first kappa shape index (κ1) is 17.0. The summed E-state index contributed by atoms with van der Waals surface area (Å²) in [5, 5.41) is 1.91. The van der Waals surface area contributed by atoms with Crippen LogP contribution in [-0.2, 0) is 4.79 Å². The molecule has 0 aliphatic rings. The average molecular weight is 376 g/mol. The van der Waals surface area contributed by atoms with Gasteiger partial charge in [-0.25, -0.2) is 0 Å². The first-order valence-corrected chi connectivity index (χ1v) is 7.61. The van der Waals surface area contributed by atoms with Crippen LogP contribution in [0.25, 0.3) is 6.08 Å². The van der Waals surface area contributed by atoms with Crippen molar-refractivity contribution < 1.29 is 4.79 Å². The highest BCUT2D eigenvalue weighted by Crippen LogP contribution is 2.24. The number of carbonyl (C=O) groups excluding carboxylic acids is 1. The smallest absolute Gasteiger partial charge is 0.262 e. The Balaban J connectivity index is 1.96. The lowest BCUT2D eigenvalue weighted by Gasteiger charge is -2.08. The summed E-state index contributed by atoms with van der Waals surface area (Å²) in [7, 11) is 0. The maximum atomic E-state index is 11.7. The molecule has 2 aromatic rings. The van der Waals surface area contributed by atoms with E-state index < -0.39 is 0 Å². The maximum Gasteiger partial charge on any atom is 0.262 e. The van der Waals surface area contributed by atoms with Gasteiger partial charge in [-0.05, 0) is 42.0 Å². The Morgan fingerprint density at radius 2 is 1.55 bits per heavy atom. The number of amides is 1. The summed E-state index contributed by atoms with van der Waals surface area (Å²) < 4.78 is 0. The van der Waals surface area contributed by atoms with E-state index in [0.29, 0.717) is 31.3 Å². The van der Waals surface area contributed by atoms with Crippen LogP contribution in [0, 0.1) is 0 Å². The summed E-state index contributed by atoms with van der Waals surface area (Å²) in [5.74, 6) is -0.364. The second kappa shape index (κ2) is 7.75. The van der Waals surface area contributed by atoms with Crippen LogP contribution in [0.2, 0.25) is 20.1 Å². The fourth-order valence-corrected chi connectivity index (χ4v) is 2.49.